The number of aliphatic hydroxyl groups is 2. The largest absolute Gasteiger partial charge is 0.389 e. The summed E-state index contributed by atoms with van der Waals surface area (Å²) in [6, 6.07) is -0.738. The first-order valence-electron chi connectivity index (χ1n) is 4.14. The molecule has 76 valence electrons. The van der Waals surface area contributed by atoms with Gasteiger partial charge in [-0.3, -0.25) is 9.69 Å². The molecule has 13 heavy (non-hydrogen) atoms. The van der Waals surface area contributed by atoms with E-state index in [-0.39, 0.29) is 6.54 Å². The summed E-state index contributed by atoms with van der Waals surface area (Å²) in [4.78, 5) is 12.3. The van der Waals surface area contributed by atoms with Crippen molar-refractivity contribution in [2.45, 2.75) is 18.2 Å². The van der Waals surface area contributed by atoms with E-state index in [0.717, 1.165) is 0 Å². The molecule has 6 N–H and O–H groups in total. The van der Waals surface area contributed by atoms with Crippen molar-refractivity contribution in [3.63, 3.8) is 0 Å². The first kappa shape index (κ1) is 10.4. The Bertz CT molecular complexity index is 189. The maximum absolute atomic E-state index is 10.6. The van der Waals surface area contributed by atoms with Crippen LogP contribution in [0.15, 0.2) is 0 Å². The van der Waals surface area contributed by atoms with Gasteiger partial charge in [0.05, 0.1) is 18.2 Å². The standard InChI is InChI=1S/C7H15N3O3/c8-4(7(9)13)1-10-2-5(11)6(12)3-10/h4-6,11-12H,1-3,8H2,(H2,9,13). The fourth-order valence-electron chi connectivity index (χ4n) is 1.36. The van der Waals surface area contributed by atoms with Crippen LogP contribution in [0, 0.1) is 0 Å². The van der Waals surface area contributed by atoms with Gasteiger partial charge in [-0.25, -0.2) is 0 Å². The number of carbonyl (C=O) groups excluding carboxylic acids is 1. The molecule has 1 fully saturated rings. The lowest BCUT2D eigenvalue weighted by atomic mass is 10.3. The smallest absolute Gasteiger partial charge is 0.235 e. The predicted molar refractivity (Wildman–Crippen MR) is 45.6 cm³/mol. The van der Waals surface area contributed by atoms with E-state index in [1.165, 1.54) is 0 Å². The fraction of sp³-hybridized carbons (Fsp3) is 0.857. The minimum absolute atomic E-state index is 0.281. The van der Waals surface area contributed by atoms with Gasteiger partial charge in [0.2, 0.25) is 5.91 Å². The molecule has 6 heteroatoms. The highest BCUT2D eigenvalue weighted by Crippen LogP contribution is 2.09. The van der Waals surface area contributed by atoms with Crippen molar-refractivity contribution in [1.82, 2.24) is 4.90 Å². The summed E-state index contributed by atoms with van der Waals surface area (Å²) in [7, 11) is 0. The van der Waals surface area contributed by atoms with Crippen molar-refractivity contribution in [2.75, 3.05) is 19.6 Å². The first-order chi connectivity index (χ1) is 6.00. The molecule has 6 nitrogen and oxygen atoms in total. The molecule has 0 aromatic rings. The number of rotatable bonds is 3. The summed E-state index contributed by atoms with van der Waals surface area (Å²) in [6.45, 7) is 0.952. The topological polar surface area (TPSA) is 113 Å². The van der Waals surface area contributed by atoms with Gasteiger partial charge < -0.3 is 21.7 Å². The Balaban J connectivity index is 2.35. The van der Waals surface area contributed by atoms with Gasteiger partial charge in [0, 0.05) is 19.6 Å². The number of nitrogens with zero attached hydrogens (tertiary/aromatic N) is 1. The third kappa shape index (κ3) is 2.63. The van der Waals surface area contributed by atoms with E-state index in [2.05, 4.69) is 0 Å². The van der Waals surface area contributed by atoms with Gasteiger partial charge in [-0.2, -0.15) is 0 Å². The highest BCUT2D eigenvalue weighted by molar-refractivity contribution is 5.79. The van der Waals surface area contributed by atoms with Crippen LogP contribution in [-0.4, -0.2) is 58.9 Å². The van der Waals surface area contributed by atoms with Crippen LogP contribution in [0.1, 0.15) is 0 Å². The molecule has 0 aromatic heterocycles. The molecule has 1 aliphatic rings. The van der Waals surface area contributed by atoms with Crippen molar-refractivity contribution in [1.29, 1.82) is 0 Å². The quantitative estimate of drug-likeness (QED) is 0.374. The number of primary amides is 1. The van der Waals surface area contributed by atoms with Crippen molar-refractivity contribution >= 4 is 5.91 Å². The van der Waals surface area contributed by atoms with Gasteiger partial charge in [0.25, 0.3) is 0 Å². The molecule has 0 bridgehead atoms. The lowest BCUT2D eigenvalue weighted by Gasteiger charge is -2.17. The molecule has 0 saturated carbocycles. The summed E-state index contributed by atoms with van der Waals surface area (Å²) in [5.41, 5.74) is 10.4. The number of carbonyl (C=O) groups is 1. The Morgan fingerprint density at radius 1 is 1.46 bits per heavy atom. The van der Waals surface area contributed by atoms with Crippen molar-refractivity contribution in [3.8, 4) is 0 Å². The maximum Gasteiger partial charge on any atom is 0.235 e. The fourth-order valence-corrected chi connectivity index (χ4v) is 1.36. The molecular formula is C7H15N3O3. The van der Waals surface area contributed by atoms with Gasteiger partial charge in [-0.05, 0) is 0 Å². The minimum atomic E-state index is -0.750. The molecule has 0 spiro atoms. The molecule has 0 radical (unpaired) electrons. The van der Waals surface area contributed by atoms with Gasteiger partial charge >= 0.3 is 0 Å². The van der Waals surface area contributed by atoms with E-state index in [0.29, 0.717) is 13.1 Å². The van der Waals surface area contributed by atoms with Crippen molar-refractivity contribution in [2.24, 2.45) is 11.5 Å². The van der Waals surface area contributed by atoms with E-state index < -0.39 is 24.2 Å². The van der Waals surface area contributed by atoms with Gasteiger partial charge in [0.15, 0.2) is 0 Å². The molecular weight excluding hydrogens is 174 g/mol. The van der Waals surface area contributed by atoms with Gasteiger partial charge in [-0.1, -0.05) is 0 Å². The molecule has 1 saturated heterocycles. The number of aliphatic hydroxyl groups excluding tert-OH is 2. The molecule has 0 aromatic carbocycles. The Morgan fingerprint density at radius 3 is 2.31 bits per heavy atom. The normalized spacial score (nSPS) is 31.9. The van der Waals surface area contributed by atoms with E-state index in [1.807, 2.05) is 0 Å². The van der Waals surface area contributed by atoms with E-state index in [1.54, 1.807) is 4.90 Å². The van der Waals surface area contributed by atoms with E-state index in [4.69, 9.17) is 11.5 Å². The van der Waals surface area contributed by atoms with Crippen LogP contribution in [0.3, 0.4) is 0 Å². The zero-order valence-electron chi connectivity index (χ0n) is 7.26. The number of amides is 1. The SMILES string of the molecule is NC(=O)C(N)CN1CC(O)C(O)C1. The first-order valence-corrected chi connectivity index (χ1v) is 4.14. The summed E-state index contributed by atoms with van der Waals surface area (Å²) >= 11 is 0. The number of hydrogen-bond donors (Lipinski definition) is 4. The second kappa shape index (κ2) is 4.01. The Kier molecular flexibility index (Phi) is 3.21. The third-order valence-corrected chi connectivity index (χ3v) is 2.16. The van der Waals surface area contributed by atoms with Crippen LogP contribution in [0.5, 0.6) is 0 Å². The van der Waals surface area contributed by atoms with Crippen molar-refractivity contribution < 1.29 is 15.0 Å². The lowest BCUT2D eigenvalue weighted by molar-refractivity contribution is -0.119. The number of nitrogens with two attached hydrogens (primary N) is 2. The van der Waals surface area contributed by atoms with Crippen LogP contribution in [0.2, 0.25) is 0 Å². The average molecular weight is 189 g/mol. The summed E-state index contributed by atoms with van der Waals surface area (Å²) in [5.74, 6) is -0.573. The molecule has 1 rings (SSSR count). The van der Waals surface area contributed by atoms with E-state index in [9.17, 15) is 15.0 Å². The molecule has 1 aliphatic heterocycles. The number of β-amino-alcohol motifs (C(OH)–C–C–N with tert-alkyl or cyclic N) is 2. The monoisotopic (exact) mass is 189 g/mol. The second-order valence-corrected chi connectivity index (χ2v) is 3.36. The van der Waals surface area contributed by atoms with Gasteiger partial charge in [0.1, 0.15) is 0 Å². The highest BCUT2D eigenvalue weighted by Gasteiger charge is 2.30. The van der Waals surface area contributed by atoms with Crippen LogP contribution in [0.25, 0.3) is 0 Å². The van der Waals surface area contributed by atoms with Gasteiger partial charge in [-0.15, -0.1) is 0 Å². The Hall–Kier alpha value is -0.690. The zero-order valence-corrected chi connectivity index (χ0v) is 7.26. The molecule has 1 heterocycles. The van der Waals surface area contributed by atoms with Crippen molar-refractivity contribution in [3.05, 3.63) is 0 Å². The minimum Gasteiger partial charge on any atom is -0.389 e. The maximum atomic E-state index is 10.6. The Labute approximate surface area is 76.1 Å². The zero-order chi connectivity index (χ0) is 10.0. The third-order valence-electron chi connectivity index (χ3n) is 2.16. The average Bonchev–Trinajstić information content (AvgIpc) is 2.31. The molecule has 0 aliphatic carbocycles. The second-order valence-electron chi connectivity index (χ2n) is 3.36. The van der Waals surface area contributed by atoms with Crippen LogP contribution < -0.4 is 11.5 Å². The van der Waals surface area contributed by atoms with Crippen LogP contribution >= 0.6 is 0 Å². The van der Waals surface area contributed by atoms with Crippen LogP contribution in [0.4, 0.5) is 0 Å². The molecule has 3 unspecified atom stereocenters. The lowest BCUT2D eigenvalue weighted by Crippen LogP contribution is -2.45. The summed E-state index contributed by atoms with van der Waals surface area (Å²) in [6.07, 6.45) is -1.50. The van der Waals surface area contributed by atoms with E-state index >= 15 is 0 Å². The number of hydrogen-bond acceptors (Lipinski definition) is 5. The molecule has 1 amide bonds. The highest BCUT2D eigenvalue weighted by atomic mass is 16.3. The Morgan fingerprint density at radius 2 is 1.92 bits per heavy atom. The summed E-state index contributed by atoms with van der Waals surface area (Å²) in [5, 5.41) is 18.3. The summed E-state index contributed by atoms with van der Waals surface area (Å²) < 4.78 is 0. The molecule has 3 atom stereocenters. The predicted octanol–water partition coefficient (Wildman–Crippen LogP) is -3.16. The number of likely N-dealkylation sites (tertiary alicyclic amines) is 1. The van der Waals surface area contributed by atoms with Crippen LogP contribution in [-0.2, 0) is 4.79 Å².